The van der Waals surface area contributed by atoms with Crippen LogP contribution in [-0.2, 0) is 30.2 Å². The zero-order valence-corrected chi connectivity index (χ0v) is 33.8. The number of anilines is 2. The van der Waals surface area contributed by atoms with Gasteiger partial charge in [-0.15, -0.1) is 0 Å². The summed E-state index contributed by atoms with van der Waals surface area (Å²) in [6, 6.07) is 14.0. The third kappa shape index (κ3) is 11.7. The number of rotatable bonds is 13. The Balaban J connectivity index is 1.81. The molecule has 4 rings (SSSR count). The molecule has 1 unspecified atom stereocenters. The molecule has 0 bridgehead atoms. The largest absolute Gasteiger partial charge is 0.466 e. The molecule has 1 aromatic heterocycles. The molecule has 0 saturated carbocycles. The summed E-state index contributed by atoms with van der Waals surface area (Å²) in [6.07, 6.45) is -0.405. The van der Waals surface area contributed by atoms with E-state index in [9.17, 15) is 34.4 Å². The lowest BCUT2D eigenvalue weighted by Gasteiger charge is -2.28. The van der Waals surface area contributed by atoms with E-state index in [-0.39, 0.29) is 31.1 Å². The molecule has 0 fully saturated rings. The molecule has 0 saturated heterocycles. The standard InChI is InChI=1S/C42H51N5O10/c1-10-55-35(49)24-34(28-12-11-13-31(23-28)47(53)54)45-38(50)36(29-20-25(2)32(17-19-48)26(3)21-29)44-30-14-15-33-27(22-30)16-18-43-37(33)46(39(51)56-41(4,5)6)40(52)57-42(7,8)9/h11-16,18,20-23,34,36,44,48H,10,17,19,24H2,1-9H3,(H,45,50)/t34-,36?/m1/s1. The number of amides is 3. The molecule has 0 aliphatic heterocycles. The number of aliphatic hydroxyl groups excluding tert-OH is 1. The average Bonchev–Trinajstić information content (AvgIpc) is 3.10. The van der Waals surface area contributed by atoms with Gasteiger partial charge in [-0.25, -0.2) is 14.6 Å². The third-order valence-corrected chi connectivity index (χ3v) is 8.57. The number of imide groups is 1. The molecule has 15 heteroatoms. The predicted octanol–water partition coefficient (Wildman–Crippen LogP) is 7.94. The number of benzene rings is 3. The van der Waals surface area contributed by atoms with Crippen LogP contribution in [-0.4, -0.2) is 63.5 Å². The van der Waals surface area contributed by atoms with Crippen molar-refractivity contribution in [2.24, 2.45) is 0 Å². The molecule has 0 aliphatic rings. The number of carbonyl (C=O) groups is 4. The minimum absolute atomic E-state index is 0.0265. The van der Waals surface area contributed by atoms with E-state index in [1.165, 1.54) is 24.4 Å². The highest BCUT2D eigenvalue weighted by Gasteiger charge is 2.35. The van der Waals surface area contributed by atoms with Crippen LogP contribution in [0.2, 0.25) is 0 Å². The Kier molecular flexibility index (Phi) is 14.0. The van der Waals surface area contributed by atoms with Crippen molar-refractivity contribution in [1.82, 2.24) is 10.3 Å². The smallest absolute Gasteiger partial charge is 0.425 e. The molecule has 15 nitrogen and oxygen atoms in total. The number of hydrogen-bond donors (Lipinski definition) is 3. The quantitative estimate of drug-likeness (QED) is 0.0512. The Hall–Kier alpha value is -6.09. The number of pyridine rings is 1. The molecule has 2 atom stereocenters. The number of ether oxygens (including phenoxy) is 3. The van der Waals surface area contributed by atoms with Crippen molar-refractivity contribution in [3.05, 3.63) is 105 Å². The molecule has 0 aliphatic carbocycles. The molecule has 0 spiro atoms. The Bertz CT molecular complexity index is 2090. The highest BCUT2D eigenvalue weighted by atomic mass is 16.6. The summed E-state index contributed by atoms with van der Waals surface area (Å²) >= 11 is 0. The number of aryl methyl sites for hydroxylation is 2. The number of aliphatic hydroxyl groups is 1. The molecule has 1 heterocycles. The molecule has 0 radical (unpaired) electrons. The number of aromatic nitrogens is 1. The highest BCUT2D eigenvalue weighted by Crippen LogP contribution is 2.33. The van der Waals surface area contributed by atoms with Crippen LogP contribution in [0.25, 0.3) is 10.8 Å². The van der Waals surface area contributed by atoms with Gasteiger partial charge < -0.3 is 30.0 Å². The van der Waals surface area contributed by atoms with Crippen LogP contribution in [0, 0.1) is 24.0 Å². The van der Waals surface area contributed by atoms with Gasteiger partial charge in [0.15, 0.2) is 5.82 Å². The van der Waals surface area contributed by atoms with Crippen molar-refractivity contribution in [3.8, 4) is 0 Å². The maximum absolute atomic E-state index is 14.5. The van der Waals surface area contributed by atoms with Crippen molar-refractivity contribution in [2.45, 2.75) is 98.4 Å². The molecule has 3 N–H and O–H groups in total. The van der Waals surface area contributed by atoms with Crippen LogP contribution in [0.3, 0.4) is 0 Å². The van der Waals surface area contributed by atoms with Gasteiger partial charge >= 0.3 is 18.2 Å². The average molecular weight is 786 g/mol. The zero-order valence-electron chi connectivity index (χ0n) is 33.8. The predicted molar refractivity (Wildman–Crippen MR) is 215 cm³/mol. The van der Waals surface area contributed by atoms with Crippen molar-refractivity contribution in [3.63, 3.8) is 0 Å². The number of carbonyl (C=O) groups excluding carboxylic acids is 4. The Morgan fingerprint density at radius 3 is 2.09 bits per heavy atom. The van der Waals surface area contributed by atoms with Gasteiger partial charge in [0, 0.05) is 36.0 Å². The Labute approximate surface area is 331 Å². The van der Waals surface area contributed by atoms with Gasteiger partial charge in [-0.2, -0.15) is 4.90 Å². The van der Waals surface area contributed by atoms with E-state index < -0.39 is 52.3 Å². The third-order valence-electron chi connectivity index (χ3n) is 8.57. The molecule has 304 valence electrons. The fourth-order valence-corrected chi connectivity index (χ4v) is 6.21. The summed E-state index contributed by atoms with van der Waals surface area (Å²) in [5.41, 5.74) is 1.90. The molecular weight excluding hydrogens is 734 g/mol. The van der Waals surface area contributed by atoms with Crippen LogP contribution in [0.15, 0.2) is 66.9 Å². The minimum atomic E-state index is -1.08. The summed E-state index contributed by atoms with van der Waals surface area (Å²) in [4.78, 5) is 70.4. The topological polar surface area (TPSA) is 200 Å². The van der Waals surface area contributed by atoms with Crippen LogP contribution >= 0.6 is 0 Å². The van der Waals surface area contributed by atoms with E-state index in [0.29, 0.717) is 34.0 Å². The summed E-state index contributed by atoms with van der Waals surface area (Å²) in [7, 11) is 0. The minimum Gasteiger partial charge on any atom is -0.466 e. The second kappa shape index (κ2) is 18.2. The number of nitro benzene ring substituents is 1. The Morgan fingerprint density at radius 2 is 1.53 bits per heavy atom. The highest BCUT2D eigenvalue weighted by molar-refractivity contribution is 6.14. The van der Waals surface area contributed by atoms with Gasteiger partial charge in [0.05, 0.1) is 24.0 Å². The van der Waals surface area contributed by atoms with Crippen LogP contribution in [0.5, 0.6) is 0 Å². The molecule has 57 heavy (non-hydrogen) atoms. The summed E-state index contributed by atoms with van der Waals surface area (Å²) in [5, 5.41) is 28.5. The first-order valence-corrected chi connectivity index (χ1v) is 18.5. The van der Waals surface area contributed by atoms with E-state index in [4.69, 9.17) is 14.2 Å². The van der Waals surface area contributed by atoms with Crippen molar-refractivity contribution >= 4 is 52.0 Å². The number of non-ortho nitro benzene ring substituents is 1. The number of nitro groups is 1. The molecule has 4 aromatic rings. The maximum Gasteiger partial charge on any atom is 0.425 e. The van der Waals surface area contributed by atoms with E-state index >= 15 is 0 Å². The van der Waals surface area contributed by atoms with Gasteiger partial charge in [-0.3, -0.25) is 19.7 Å². The summed E-state index contributed by atoms with van der Waals surface area (Å²) in [5.74, 6) is -1.19. The van der Waals surface area contributed by atoms with Gasteiger partial charge in [-0.05, 0) is 126 Å². The van der Waals surface area contributed by atoms with Crippen molar-refractivity contribution in [2.75, 3.05) is 23.4 Å². The van der Waals surface area contributed by atoms with E-state index in [0.717, 1.165) is 21.6 Å². The number of esters is 1. The lowest BCUT2D eigenvalue weighted by atomic mass is 9.93. The lowest BCUT2D eigenvalue weighted by Crippen LogP contribution is -2.44. The van der Waals surface area contributed by atoms with Crippen LogP contribution in [0.4, 0.5) is 26.8 Å². The second-order valence-electron chi connectivity index (χ2n) is 15.5. The van der Waals surface area contributed by atoms with Crippen LogP contribution < -0.4 is 15.5 Å². The Morgan fingerprint density at radius 1 is 0.895 bits per heavy atom. The number of nitrogens with one attached hydrogen (secondary N) is 2. The monoisotopic (exact) mass is 785 g/mol. The van der Waals surface area contributed by atoms with Gasteiger partial charge in [0.2, 0.25) is 5.91 Å². The zero-order chi connectivity index (χ0) is 42.2. The second-order valence-corrected chi connectivity index (χ2v) is 15.5. The molecular formula is C42H51N5O10. The number of fused-ring (bicyclic) bond motifs is 1. The fourth-order valence-electron chi connectivity index (χ4n) is 6.21. The van der Waals surface area contributed by atoms with Crippen molar-refractivity contribution in [1.29, 1.82) is 0 Å². The number of nitrogens with zero attached hydrogens (tertiary/aromatic N) is 3. The molecule has 3 aromatic carbocycles. The first-order chi connectivity index (χ1) is 26.7. The van der Waals surface area contributed by atoms with Gasteiger partial charge in [-0.1, -0.05) is 24.3 Å². The summed E-state index contributed by atoms with van der Waals surface area (Å²) in [6.45, 7) is 15.5. The summed E-state index contributed by atoms with van der Waals surface area (Å²) < 4.78 is 16.3. The number of hydrogen-bond acceptors (Lipinski definition) is 12. The lowest BCUT2D eigenvalue weighted by molar-refractivity contribution is -0.384. The fraction of sp³-hybridized carbons (Fsp3) is 0.405. The first kappa shape index (κ1) is 43.6. The normalized spacial score (nSPS) is 12.6. The van der Waals surface area contributed by atoms with E-state index in [2.05, 4.69) is 15.6 Å². The maximum atomic E-state index is 14.5. The first-order valence-electron chi connectivity index (χ1n) is 18.5. The van der Waals surface area contributed by atoms with E-state index in [1.54, 1.807) is 78.8 Å². The SMILES string of the molecule is CCOC(=O)C[C@@H](NC(=O)C(Nc1ccc2c(N(C(=O)OC(C)(C)C)C(=O)OC(C)(C)C)nccc2c1)c1cc(C)c(CCO)c(C)c1)c1cccc([N+](=O)[O-])c1. The van der Waals surface area contributed by atoms with Crippen molar-refractivity contribution < 1.29 is 43.4 Å². The van der Waals surface area contributed by atoms with E-state index in [1.807, 2.05) is 26.0 Å². The van der Waals surface area contributed by atoms with Gasteiger partial charge in [0.25, 0.3) is 5.69 Å². The molecule has 3 amide bonds. The van der Waals surface area contributed by atoms with Gasteiger partial charge in [0.1, 0.15) is 17.2 Å². The van der Waals surface area contributed by atoms with Crippen LogP contribution in [0.1, 0.15) is 94.8 Å².